The van der Waals surface area contributed by atoms with Gasteiger partial charge >= 0.3 is 6.09 Å². The number of carbonyl (C=O) groups is 1. The molecule has 0 radical (unpaired) electrons. The number of hydrogen-bond acceptors (Lipinski definition) is 6. The lowest BCUT2D eigenvalue weighted by atomic mass is 9.89. The second-order valence-electron chi connectivity index (χ2n) is 8.83. The van der Waals surface area contributed by atoms with Gasteiger partial charge in [0.15, 0.2) is 0 Å². The van der Waals surface area contributed by atoms with Crippen LogP contribution in [0.15, 0.2) is 35.3 Å². The summed E-state index contributed by atoms with van der Waals surface area (Å²) < 4.78 is 47.1. The molecule has 4 rings (SSSR count). The number of nitrogens with one attached hydrogen (secondary N) is 1. The van der Waals surface area contributed by atoms with Crippen molar-refractivity contribution < 1.29 is 22.7 Å². The Balaban J connectivity index is 1.67. The van der Waals surface area contributed by atoms with Crippen LogP contribution in [0.1, 0.15) is 43.1 Å². The molecular weight excluding hydrogens is 463 g/mol. The highest BCUT2D eigenvalue weighted by atomic mass is 19.3. The monoisotopic (exact) mass is 489 g/mol. The summed E-state index contributed by atoms with van der Waals surface area (Å²) in [6, 6.07) is 5.28. The zero-order valence-electron chi connectivity index (χ0n) is 19.6. The predicted octanol–water partition coefficient (Wildman–Crippen LogP) is 4.37. The maximum Gasteiger partial charge on any atom is 0.409 e. The Hall–Kier alpha value is -3.63. The lowest BCUT2D eigenvalue weighted by Gasteiger charge is -2.40. The van der Waals surface area contributed by atoms with E-state index in [1.165, 1.54) is 25.3 Å². The summed E-state index contributed by atoms with van der Waals surface area (Å²) >= 11 is 0. The number of carbonyl (C=O) groups excluding carboxylic acids is 1. The summed E-state index contributed by atoms with van der Waals surface area (Å²) in [6.45, 7) is 4.40. The van der Waals surface area contributed by atoms with E-state index in [2.05, 4.69) is 15.3 Å². The minimum absolute atomic E-state index is 0.0719. The normalized spacial score (nSPS) is 15.5. The number of methoxy groups -OCH3 is 1. The third-order valence-electron chi connectivity index (χ3n) is 6.49. The lowest BCUT2D eigenvalue weighted by molar-refractivity contribution is 0.0861. The average molecular weight is 489 g/mol. The van der Waals surface area contributed by atoms with Crippen LogP contribution in [0.3, 0.4) is 0 Å². The topological polar surface area (TPSA) is 89.3 Å². The smallest absolute Gasteiger partial charge is 0.409 e. The van der Waals surface area contributed by atoms with Crippen LogP contribution in [-0.4, -0.2) is 45.7 Å². The molecule has 0 unspecified atom stereocenters. The van der Waals surface area contributed by atoms with E-state index in [4.69, 9.17) is 4.74 Å². The standard InChI is InChI=1S/C24H26F3N5O3/c1-14-29-18-11-19(33)32(24(2)7-9-31(10-8-24)23(34)35-3)13-17(18)22(30-14)28-12-15-5-4-6-16(20(15)25)21(26)27/h4-6,11,13,21H,7-10,12H2,1-3H3,(H,28,29,30). The summed E-state index contributed by atoms with van der Waals surface area (Å²) in [5.74, 6) is -0.206. The SMILES string of the molecule is COC(=O)N1CCC(C)(n2cc3c(NCc4cccc(C(F)F)c4F)nc(C)nc3cc2=O)CC1. The van der Waals surface area contributed by atoms with Crippen molar-refractivity contribution in [2.75, 3.05) is 25.5 Å². The van der Waals surface area contributed by atoms with Crippen LogP contribution in [-0.2, 0) is 16.8 Å². The van der Waals surface area contributed by atoms with Crippen LogP contribution < -0.4 is 10.9 Å². The third-order valence-corrected chi connectivity index (χ3v) is 6.49. The quantitative estimate of drug-likeness (QED) is 0.573. The molecule has 1 fully saturated rings. The zero-order valence-corrected chi connectivity index (χ0v) is 19.6. The minimum atomic E-state index is -2.92. The summed E-state index contributed by atoms with van der Waals surface area (Å²) in [5, 5.41) is 3.56. The van der Waals surface area contributed by atoms with E-state index in [0.717, 1.165) is 6.07 Å². The first-order chi connectivity index (χ1) is 16.6. The molecule has 1 aromatic carbocycles. The second kappa shape index (κ2) is 9.55. The molecule has 0 saturated carbocycles. The first-order valence-corrected chi connectivity index (χ1v) is 11.2. The molecule has 2 aromatic heterocycles. The molecule has 0 bridgehead atoms. The average Bonchev–Trinajstić information content (AvgIpc) is 2.82. The Morgan fingerprint density at radius 2 is 1.97 bits per heavy atom. The van der Waals surface area contributed by atoms with Crippen LogP contribution in [0, 0.1) is 12.7 Å². The number of alkyl halides is 2. The number of fused-ring (bicyclic) bond motifs is 1. The molecule has 3 heterocycles. The van der Waals surface area contributed by atoms with Gasteiger partial charge in [0, 0.05) is 43.0 Å². The molecule has 8 nitrogen and oxygen atoms in total. The summed E-state index contributed by atoms with van der Waals surface area (Å²) in [4.78, 5) is 35.2. The van der Waals surface area contributed by atoms with Crippen LogP contribution in [0.5, 0.6) is 0 Å². The highest BCUT2D eigenvalue weighted by Crippen LogP contribution is 2.31. The van der Waals surface area contributed by atoms with Crippen LogP contribution in [0.4, 0.5) is 23.8 Å². The summed E-state index contributed by atoms with van der Waals surface area (Å²) in [7, 11) is 1.33. The number of amides is 1. The van der Waals surface area contributed by atoms with Crippen LogP contribution in [0.2, 0.25) is 0 Å². The third kappa shape index (κ3) is 4.80. The Morgan fingerprint density at radius 3 is 2.63 bits per heavy atom. The van der Waals surface area contributed by atoms with E-state index < -0.39 is 29.4 Å². The number of halogens is 3. The van der Waals surface area contributed by atoms with Crippen LogP contribution >= 0.6 is 0 Å². The number of benzene rings is 1. The zero-order chi connectivity index (χ0) is 25.3. The molecule has 0 spiro atoms. The van der Waals surface area contributed by atoms with Crippen molar-refractivity contribution in [1.29, 1.82) is 0 Å². The summed E-state index contributed by atoms with van der Waals surface area (Å²) in [5.41, 5.74) is -0.976. The van der Waals surface area contributed by atoms with E-state index in [1.54, 1.807) is 22.6 Å². The Bertz CT molecular complexity index is 1320. The van der Waals surface area contributed by atoms with Crippen molar-refractivity contribution in [3.05, 3.63) is 63.6 Å². The van der Waals surface area contributed by atoms with Gasteiger partial charge < -0.3 is 19.5 Å². The number of nitrogens with zero attached hydrogens (tertiary/aromatic N) is 4. The molecule has 3 aromatic rings. The molecule has 11 heteroatoms. The molecule has 1 aliphatic rings. The maximum absolute atomic E-state index is 14.5. The highest BCUT2D eigenvalue weighted by Gasteiger charge is 2.34. The van der Waals surface area contributed by atoms with E-state index in [9.17, 15) is 22.8 Å². The number of aryl methyl sites for hydroxylation is 1. The van der Waals surface area contributed by atoms with Crippen molar-refractivity contribution in [2.24, 2.45) is 0 Å². The van der Waals surface area contributed by atoms with Gasteiger partial charge in [-0.05, 0) is 26.7 Å². The fourth-order valence-corrected chi connectivity index (χ4v) is 4.40. The lowest BCUT2D eigenvalue weighted by Crippen LogP contribution is -2.49. The van der Waals surface area contributed by atoms with Gasteiger partial charge in [-0.1, -0.05) is 18.2 Å². The number of ether oxygens (including phenoxy) is 1. The number of anilines is 1. The molecule has 186 valence electrons. The summed E-state index contributed by atoms with van der Waals surface area (Å²) in [6.07, 6.45) is -0.586. The Morgan fingerprint density at radius 1 is 1.26 bits per heavy atom. The number of aromatic nitrogens is 3. The number of likely N-dealkylation sites (tertiary alicyclic amines) is 1. The number of rotatable bonds is 5. The second-order valence-corrected chi connectivity index (χ2v) is 8.83. The first-order valence-electron chi connectivity index (χ1n) is 11.2. The van der Waals surface area contributed by atoms with Gasteiger partial charge in [-0.3, -0.25) is 4.79 Å². The molecule has 1 saturated heterocycles. The van der Waals surface area contributed by atoms with Gasteiger partial charge in [-0.2, -0.15) is 0 Å². The van der Waals surface area contributed by atoms with Crippen molar-refractivity contribution >= 4 is 22.8 Å². The molecule has 1 N–H and O–H groups in total. The molecule has 1 aliphatic heterocycles. The number of hydrogen-bond donors (Lipinski definition) is 1. The molecule has 35 heavy (non-hydrogen) atoms. The maximum atomic E-state index is 14.5. The highest BCUT2D eigenvalue weighted by molar-refractivity contribution is 5.88. The van der Waals surface area contributed by atoms with Crippen molar-refractivity contribution in [2.45, 2.75) is 45.2 Å². The molecule has 0 aliphatic carbocycles. The predicted molar refractivity (Wildman–Crippen MR) is 124 cm³/mol. The fourth-order valence-electron chi connectivity index (χ4n) is 4.40. The van der Waals surface area contributed by atoms with Crippen LogP contribution in [0.25, 0.3) is 10.9 Å². The largest absolute Gasteiger partial charge is 0.453 e. The van der Waals surface area contributed by atoms with E-state index in [0.29, 0.717) is 48.5 Å². The Kier molecular flexibility index (Phi) is 6.68. The van der Waals surface area contributed by atoms with Gasteiger partial charge in [-0.15, -0.1) is 0 Å². The molecule has 0 atom stereocenters. The fraction of sp³-hybridized carbons (Fsp3) is 0.417. The van der Waals surface area contributed by atoms with Gasteiger partial charge in [0.05, 0.1) is 23.6 Å². The molecular formula is C24H26F3N5O3. The van der Waals surface area contributed by atoms with E-state index in [-0.39, 0.29) is 17.7 Å². The van der Waals surface area contributed by atoms with E-state index >= 15 is 0 Å². The Labute approximate surface area is 199 Å². The van der Waals surface area contributed by atoms with Gasteiger partial charge in [0.1, 0.15) is 17.5 Å². The van der Waals surface area contributed by atoms with Crippen molar-refractivity contribution in [3.63, 3.8) is 0 Å². The van der Waals surface area contributed by atoms with Gasteiger partial charge in [0.2, 0.25) is 0 Å². The minimum Gasteiger partial charge on any atom is -0.453 e. The van der Waals surface area contributed by atoms with Crippen molar-refractivity contribution in [1.82, 2.24) is 19.4 Å². The first kappa shape index (κ1) is 24.5. The van der Waals surface area contributed by atoms with Gasteiger partial charge in [-0.25, -0.2) is 27.9 Å². The van der Waals surface area contributed by atoms with Crippen molar-refractivity contribution in [3.8, 4) is 0 Å². The number of piperidine rings is 1. The van der Waals surface area contributed by atoms with E-state index in [1.807, 2.05) is 6.92 Å². The number of pyridine rings is 1. The molecule has 1 amide bonds. The van der Waals surface area contributed by atoms with Gasteiger partial charge in [0.25, 0.3) is 12.0 Å².